The summed E-state index contributed by atoms with van der Waals surface area (Å²) in [5.41, 5.74) is 5.17. The van der Waals surface area contributed by atoms with Crippen molar-refractivity contribution in [1.82, 2.24) is 29.9 Å². The van der Waals surface area contributed by atoms with Gasteiger partial charge in [0.1, 0.15) is 6.54 Å². The molecule has 2 N–H and O–H groups in total. The fourth-order valence-electron chi connectivity index (χ4n) is 3.64. The van der Waals surface area contributed by atoms with E-state index in [0.29, 0.717) is 11.3 Å². The van der Waals surface area contributed by atoms with E-state index in [9.17, 15) is 9.59 Å². The molecular weight excluding hydrogens is 394 g/mol. The van der Waals surface area contributed by atoms with Gasteiger partial charge in [0.2, 0.25) is 5.91 Å². The van der Waals surface area contributed by atoms with Crippen molar-refractivity contribution in [2.24, 2.45) is 7.05 Å². The molecule has 0 spiro atoms. The van der Waals surface area contributed by atoms with Gasteiger partial charge >= 0.3 is 0 Å². The lowest BCUT2D eigenvalue weighted by atomic mass is 10.0. The van der Waals surface area contributed by atoms with Crippen molar-refractivity contribution >= 4 is 28.5 Å². The molecular formula is C22H23N7O2. The van der Waals surface area contributed by atoms with Gasteiger partial charge in [-0.25, -0.2) is 9.67 Å². The summed E-state index contributed by atoms with van der Waals surface area (Å²) in [6.07, 6.45) is 3.31. The van der Waals surface area contributed by atoms with Crippen molar-refractivity contribution in [3.8, 4) is 11.1 Å². The summed E-state index contributed by atoms with van der Waals surface area (Å²) >= 11 is 0. The van der Waals surface area contributed by atoms with Crippen LogP contribution in [0.4, 0.5) is 5.69 Å². The molecule has 0 atom stereocenters. The van der Waals surface area contributed by atoms with Crippen molar-refractivity contribution in [2.45, 2.75) is 20.4 Å². The van der Waals surface area contributed by atoms with Crippen LogP contribution in [0.1, 0.15) is 21.7 Å². The van der Waals surface area contributed by atoms with Crippen LogP contribution >= 0.6 is 0 Å². The van der Waals surface area contributed by atoms with Crippen LogP contribution in [0.15, 0.2) is 42.7 Å². The molecule has 0 radical (unpaired) electrons. The van der Waals surface area contributed by atoms with Gasteiger partial charge < -0.3 is 10.6 Å². The number of anilines is 1. The summed E-state index contributed by atoms with van der Waals surface area (Å²) in [6, 6.07) is 10.2. The first-order valence-electron chi connectivity index (χ1n) is 9.82. The molecule has 3 heterocycles. The number of fused-ring (bicyclic) bond motifs is 1. The van der Waals surface area contributed by atoms with E-state index >= 15 is 0 Å². The number of aryl methyl sites for hydroxylation is 3. The lowest BCUT2D eigenvalue weighted by Crippen LogP contribution is -2.23. The van der Waals surface area contributed by atoms with Crippen LogP contribution in [0, 0.1) is 13.8 Å². The predicted octanol–water partition coefficient (Wildman–Crippen LogP) is 2.45. The molecule has 0 unspecified atom stereocenters. The summed E-state index contributed by atoms with van der Waals surface area (Å²) in [6.45, 7) is 3.91. The second-order valence-electron chi connectivity index (χ2n) is 7.36. The van der Waals surface area contributed by atoms with E-state index in [1.165, 1.54) is 11.7 Å². The average Bonchev–Trinajstić information content (AvgIpc) is 3.26. The molecule has 31 heavy (non-hydrogen) atoms. The summed E-state index contributed by atoms with van der Waals surface area (Å²) in [5.74, 6) is -0.703. The summed E-state index contributed by atoms with van der Waals surface area (Å²) in [5, 5.41) is 14.8. The Labute approximate surface area is 179 Å². The number of pyridine rings is 1. The number of hydrogen-bond donors (Lipinski definition) is 2. The fourth-order valence-corrected chi connectivity index (χ4v) is 3.64. The van der Waals surface area contributed by atoms with Crippen LogP contribution in [0.2, 0.25) is 0 Å². The standard InChI is InChI=1S/C22H23N7O2/c1-13-6-5-7-15(10-13)16-8-9-24-21-19(16)14(2)26-29(21)12-18(30)25-17-11-28(4)27-20(17)22(31)23-3/h5-11H,12H2,1-4H3,(H,23,31)(H,25,30). The highest BCUT2D eigenvalue weighted by Gasteiger charge is 2.19. The number of hydrogen-bond acceptors (Lipinski definition) is 5. The molecule has 0 aliphatic rings. The molecule has 4 aromatic rings. The van der Waals surface area contributed by atoms with E-state index in [-0.39, 0.29) is 24.1 Å². The number of carbonyl (C=O) groups excluding carboxylic acids is 2. The Kier molecular flexibility index (Phi) is 5.24. The summed E-state index contributed by atoms with van der Waals surface area (Å²) in [7, 11) is 3.20. The van der Waals surface area contributed by atoms with Crippen LogP contribution < -0.4 is 10.6 Å². The average molecular weight is 417 g/mol. The smallest absolute Gasteiger partial charge is 0.273 e. The molecule has 0 saturated heterocycles. The number of carbonyl (C=O) groups is 2. The zero-order chi connectivity index (χ0) is 22.1. The van der Waals surface area contributed by atoms with Crippen LogP contribution in [0.25, 0.3) is 22.2 Å². The van der Waals surface area contributed by atoms with E-state index in [1.807, 2.05) is 38.1 Å². The van der Waals surface area contributed by atoms with Gasteiger partial charge in [0.25, 0.3) is 5.91 Å². The number of amides is 2. The number of nitrogens with one attached hydrogen (secondary N) is 2. The summed E-state index contributed by atoms with van der Waals surface area (Å²) in [4.78, 5) is 29.2. The van der Waals surface area contributed by atoms with Gasteiger partial charge in [-0.3, -0.25) is 14.3 Å². The van der Waals surface area contributed by atoms with E-state index in [2.05, 4.69) is 31.9 Å². The molecule has 0 aliphatic heterocycles. The minimum absolute atomic E-state index is 0.0450. The fraction of sp³-hybridized carbons (Fsp3) is 0.227. The van der Waals surface area contributed by atoms with Gasteiger partial charge in [0, 0.05) is 31.9 Å². The first kappa shape index (κ1) is 20.3. The molecule has 4 rings (SSSR count). The van der Waals surface area contributed by atoms with Gasteiger partial charge in [-0.2, -0.15) is 10.2 Å². The molecule has 9 heteroatoms. The van der Waals surface area contributed by atoms with Gasteiger partial charge in [-0.15, -0.1) is 0 Å². The molecule has 0 aliphatic carbocycles. The number of rotatable bonds is 5. The second-order valence-corrected chi connectivity index (χ2v) is 7.36. The highest BCUT2D eigenvalue weighted by molar-refractivity contribution is 6.02. The molecule has 3 aromatic heterocycles. The lowest BCUT2D eigenvalue weighted by molar-refractivity contribution is -0.116. The third-order valence-corrected chi connectivity index (χ3v) is 4.98. The largest absolute Gasteiger partial charge is 0.354 e. The first-order chi connectivity index (χ1) is 14.9. The molecule has 9 nitrogen and oxygen atoms in total. The Hall–Kier alpha value is -4.01. The molecule has 2 amide bonds. The SMILES string of the molecule is CNC(=O)c1nn(C)cc1NC(=O)Cn1nc(C)c2c(-c3cccc(C)c3)ccnc21. The van der Waals surface area contributed by atoms with Crippen molar-refractivity contribution in [1.29, 1.82) is 0 Å². The Morgan fingerprint density at radius 3 is 2.68 bits per heavy atom. The zero-order valence-electron chi connectivity index (χ0n) is 17.8. The van der Waals surface area contributed by atoms with Crippen molar-refractivity contribution < 1.29 is 9.59 Å². The number of aromatic nitrogens is 5. The quantitative estimate of drug-likeness (QED) is 0.519. The Balaban J connectivity index is 1.65. The van der Waals surface area contributed by atoms with E-state index < -0.39 is 0 Å². The van der Waals surface area contributed by atoms with Crippen molar-refractivity contribution in [3.63, 3.8) is 0 Å². The third-order valence-electron chi connectivity index (χ3n) is 4.98. The third kappa shape index (κ3) is 3.89. The Morgan fingerprint density at radius 2 is 1.94 bits per heavy atom. The van der Waals surface area contributed by atoms with Gasteiger partial charge in [0.05, 0.1) is 11.4 Å². The van der Waals surface area contributed by atoms with E-state index in [1.54, 1.807) is 24.1 Å². The molecule has 0 saturated carbocycles. The number of benzene rings is 1. The van der Waals surface area contributed by atoms with Gasteiger partial charge in [0.15, 0.2) is 11.3 Å². The first-order valence-corrected chi connectivity index (χ1v) is 9.82. The zero-order valence-corrected chi connectivity index (χ0v) is 17.8. The van der Waals surface area contributed by atoms with Crippen molar-refractivity contribution in [3.05, 3.63) is 59.7 Å². The molecule has 0 bridgehead atoms. The molecule has 1 aromatic carbocycles. The number of nitrogens with zero attached hydrogens (tertiary/aromatic N) is 5. The van der Waals surface area contributed by atoms with Crippen LogP contribution in [-0.4, -0.2) is 43.4 Å². The van der Waals surface area contributed by atoms with E-state index in [4.69, 9.17) is 0 Å². The molecule has 0 fully saturated rings. The maximum absolute atomic E-state index is 12.7. The maximum atomic E-state index is 12.7. The lowest BCUT2D eigenvalue weighted by Gasteiger charge is -2.07. The Morgan fingerprint density at radius 1 is 1.13 bits per heavy atom. The predicted molar refractivity (Wildman–Crippen MR) is 118 cm³/mol. The normalized spacial score (nSPS) is 11.0. The highest BCUT2D eigenvalue weighted by atomic mass is 16.2. The van der Waals surface area contributed by atoms with Gasteiger partial charge in [-0.1, -0.05) is 29.8 Å². The Bertz CT molecular complexity index is 1300. The van der Waals surface area contributed by atoms with Crippen LogP contribution in [0.3, 0.4) is 0 Å². The summed E-state index contributed by atoms with van der Waals surface area (Å²) < 4.78 is 3.05. The van der Waals surface area contributed by atoms with Crippen LogP contribution in [0.5, 0.6) is 0 Å². The van der Waals surface area contributed by atoms with E-state index in [0.717, 1.165) is 27.8 Å². The second kappa shape index (κ2) is 8.02. The molecule has 158 valence electrons. The topological polar surface area (TPSA) is 107 Å². The highest BCUT2D eigenvalue weighted by Crippen LogP contribution is 2.30. The minimum atomic E-state index is -0.374. The van der Waals surface area contributed by atoms with Gasteiger partial charge in [-0.05, 0) is 31.0 Å². The van der Waals surface area contributed by atoms with Crippen LogP contribution in [-0.2, 0) is 18.4 Å². The minimum Gasteiger partial charge on any atom is -0.354 e. The van der Waals surface area contributed by atoms with Crippen molar-refractivity contribution in [2.75, 3.05) is 12.4 Å². The maximum Gasteiger partial charge on any atom is 0.273 e. The monoisotopic (exact) mass is 417 g/mol.